The lowest BCUT2D eigenvalue weighted by Crippen LogP contribution is -2.36. The second-order valence-corrected chi connectivity index (χ2v) is 12.7. The summed E-state index contributed by atoms with van der Waals surface area (Å²) in [5.41, 5.74) is 2.65. The number of amides is 1. The molecule has 0 unspecified atom stereocenters. The van der Waals surface area contributed by atoms with Gasteiger partial charge in [0, 0.05) is 13.0 Å². The third-order valence-corrected chi connectivity index (χ3v) is 9.36. The largest absolute Gasteiger partial charge is 0.416 e. The molecule has 1 aliphatic carbocycles. The number of carbonyl (C=O) groups excluding carboxylic acids is 1. The van der Waals surface area contributed by atoms with E-state index < -0.39 is 44.4 Å². The lowest BCUT2D eigenvalue weighted by Gasteiger charge is -2.28. The van der Waals surface area contributed by atoms with Crippen LogP contribution < -0.4 is 10.0 Å². The summed E-state index contributed by atoms with van der Waals surface area (Å²) in [4.78, 5) is 15.1. The Hall–Kier alpha value is -3.28. The number of hydrogen-bond donors (Lipinski definition) is 2. The molecule has 1 amide bonds. The highest BCUT2D eigenvalue weighted by atomic mass is 32.2. The van der Waals surface area contributed by atoms with Crippen LogP contribution in [0.4, 0.5) is 17.6 Å². The van der Waals surface area contributed by atoms with Gasteiger partial charge in [0.25, 0.3) is 0 Å². The molecule has 3 aromatic carbocycles. The number of alkyl halides is 3. The summed E-state index contributed by atoms with van der Waals surface area (Å²) in [6, 6.07) is 13.3. The highest BCUT2D eigenvalue weighted by Crippen LogP contribution is 2.33. The van der Waals surface area contributed by atoms with Crippen LogP contribution >= 0.6 is 0 Å². The van der Waals surface area contributed by atoms with Gasteiger partial charge in [0.05, 0.1) is 22.5 Å². The number of nitrogens with one attached hydrogen (secondary N) is 2. The highest BCUT2D eigenvalue weighted by molar-refractivity contribution is 7.89. The second-order valence-electron chi connectivity index (χ2n) is 11.0. The first-order chi connectivity index (χ1) is 20.0. The number of likely N-dealkylation sites (tertiary alicyclic amines) is 1. The molecule has 1 heterocycles. The molecule has 0 saturated carbocycles. The van der Waals surface area contributed by atoms with Gasteiger partial charge in [-0.05, 0) is 97.8 Å². The third-order valence-electron chi connectivity index (χ3n) is 7.89. The van der Waals surface area contributed by atoms with Gasteiger partial charge in [-0.2, -0.15) is 13.2 Å². The number of benzene rings is 3. The van der Waals surface area contributed by atoms with Crippen molar-refractivity contribution in [1.29, 1.82) is 0 Å². The molecule has 1 aliphatic heterocycles. The Morgan fingerprint density at radius 3 is 2.43 bits per heavy atom. The van der Waals surface area contributed by atoms with Gasteiger partial charge in [0.15, 0.2) is 0 Å². The molecular formula is C31H33F4N3O3S. The molecule has 6 nitrogen and oxygen atoms in total. The first-order valence-corrected chi connectivity index (χ1v) is 15.5. The topological polar surface area (TPSA) is 78.5 Å². The van der Waals surface area contributed by atoms with E-state index in [1.165, 1.54) is 36.1 Å². The van der Waals surface area contributed by atoms with Crippen molar-refractivity contribution in [2.45, 2.75) is 68.2 Å². The average molecular weight is 604 g/mol. The van der Waals surface area contributed by atoms with Crippen LogP contribution in [0.3, 0.4) is 0 Å². The fraction of sp³-hybridized carbons (Fsp3) is 0.387. The summed E-state index contributed by atoms with van der Waals surface area (Å²) in [7, 11) is -4.47. The molecule has 1 saturated heterocycles. The molecule has 0 aromatic heterocycles. The van der Waals surface area contributed by atoms with Crippen LogP contribution in [-0.4, -0.2) is 32.3 Å². The maximum Gasteiger partial charge on any atom is 0.416 e. The van der Waals surface area contributed by atoms with E-state index in [-0.39, 0.29) is 12.5 Å². The smallest absolute Gasteiger partial charge is 0.349 e. The van der Waals surface area contributed by atoms with Crippen molar-refractivity contribution in [1.82, 2.24) is 14.9 Å². The van der Waals surface area contributed by atoms with Gasteiger partial charge in [0.2, 0.25) is 15.9 Å². The van der Waals surface area contributed by atoms with Gasteiger partial charge in [-0.15, -0.1) is 0 Å². The quantitative estimate of drug-likeness (QED) is 0.292. The van der Waals surface area contributed by atoms with Crippen LogP contribution in [0.2, 0.25) is 0 Å². The fourth-order valence-corrected chi connectivity index (χ4v) is 7.04. The SMILES string of the molecule is O=C(C[C@@H](NS(=O)(=O)c1cccc(C(F)(F)F)c1)c1ccc(F)cc1)N[C@@H]1CCCc2cc(CN3CCCC3)ccc21. The zero-order valence-electron chi connectivity index (χ0n) is 23.0. The Kier molecular flexibility index (Phi) is 9.00. The first kappa shape index (κ1) is 30.2. The molecule has 224 valence electrons. The van der Waals surface area contributed by atoms with Crippen molar-refractivity contribution in [3.8, 4) is 0 Å². The fourth-order valence-electron chi connectivity index (χ4n) is 5.77. The van der Waals surface area contributed by atoms with Crippen molar-refractivity contribution in [2.75, 3.05) is 13.1 Å². The maximum absolute atomic E-state index is 13.6. The summed E-state index contributed by atoms with van der Waals surface area (Å²) in [5.74, 6) is -0.985. The number of sulfonamides is 1. The summed E-state index contributed by atoms with van der Waals surface area (Å²) >= 11 is 0. The number of aryl methyl sites for hydroxylation is 1. The molecule has 1 fully saturated rings. The van der Waals surface area contributed by atoms with Crippen molar-refractivity contribution < 1.29 is 30.8 Å². The van der Waals surface area contributed by atoms with Crippen LogP contribution in [0.5, 0.6) is 0 Å². The number of nitrogens with zero attached hydrogens (tertiary/aromatic N) is 1. The minimum Gasteiger partial charge on any atom is -0.349 e. The molecule has 5 rings (SSSR count). The molecule has 0 radical (unpaired) electrons. The number of fused-ring (bicyclic) bond motifs is 1. The van der Waals surface area contributed by atoms with E-state index in [1.54, 1.807) is 0 Å². The summed E-state index contributed by atoms with van der Waals surface area (Å²) in [5, 5.41) is 3.03. The highest BCUT2D eigenvalue weighted by Gasteiger charge is 2.33. The molecule has 0 bridgehead atoms. The minimum atomic E-state index is -4.73. The zero-order valence-corrected chi connectivity index (χ0v) is 23.8. The molecule has 11 heteroatoms. The van der Waals surface area contributed by atoms with Crippen molar-refractivity contribution in [2.24, 2.45) is 0 Å². The summed E-state index contributed by atoms with van der Waals surface area (Å²) < 4.78 is 82.0. The van der Waals surface area contributed by atoms with Crippen molar-refractivity contribution >= 4 is 15.9 Å². The Labute approximate surface area is 243 Å². The van der Waals surface area contributed by atoms with Gasteiger partial charge in [-0.3, -0.25) is 9.69 Å². The molecule has 2 atom stereocenters. The van der Waals surface area contributed by atoms with E-state index in [2.05, 4.69) is 33.1 Å². The van der Waals surface area contributed by atoms with Gasteiger partial charge in [-0.1, -0.05) is 36.4 Å². The lowest BCUT2D eigenvalue weighted by molar-refractivity contribution is -0.137. The van der Waals surface area contributed by atoms with Gasteiger partial charge in [-0.25, -0.2) is 17.5 Å². The maximum atomic E-state index is 13.6. The van der Waals surface area contributed by atoms with E-state index in [9.17, 15) is 30.8 Å². The molecule has 3 aromatic rings. The first-order valence-electron chi connectivity index (χ1n) is 14.1. The van der Waals surface area contributed by atoms with Crippen molar-refractivity contribution in [3.63, 3.8) is 0 Å². The normalized spacial score (nSPS) is 18.4. The van der Waals surface area contributed by atoms with E-state index in [1.807, 2.05) is 0 Å². The molecule has 42 heavy (non-hydrogen) atoms. The van der Waals surface area contributed by atoms with Gasteiger partial charge >= 0.3 is 6.18 Å². The number of hydrogen-bond acceptors (Lipinski definition) is 4. The average Bonchev–Trinajstić information content (AvgIpc) is 3.46. The molecule has 0 spiro atoms. The monoisotopic (exact) mass is 603 g/mol. The summed E-state index contributed by atoms with van der Waals surface area (Å²) in [6.45, 7) is 3.10. The lowest BCUT2D eigenvalue weighted by atomic mass is 9.86. The number of halogens is 4. The molecular weight excluding hydrogens is 570 g/mol. The predicted octanol–water partition coefficient (Wildman–Crippen LogP) is 6.04. The van der Waals surface area contributed by atoms with Gasteiger partial charge < -0.3 is 5.32 Å². The Bertz CT molecular complexity index is 1520. The Morgan fingerprint density at radius 2 is 1.71 bits per heavy atom. The Morgan fingerprint density at radius 1 is 0.976 bits per heavy atom. The Balaban J connectivity index is 1.33. The van der Waals surface area contributed by atoms with E-state index in [4.69, 9.17) is 0 Å². The van der Waals surface area contributed by atoms with Crippen LogP contribution in [0.15, 0.2) is 71.6 Å². The number of rotatable bonds is 9. The standard InChI is InChI=1S/C31H33F4N3O3S/c32-25-12-10-22(11-13-25)29(37-42(40,41)26-7-4-6-24(18-26)31(33,34)35)19-30(39)36-28-8-3-5-23-17-21(9-14-27(23)28)20-38-15-1-2-16-38/h4,6-7,9-14,17-18,28-29,37H,1-3,5,8,15-16,19-20H2,(H,36,39)/t28-,29-/m1/s1. The van der Waals surface area contributed by atoms with E-state index in [0.717, 1.165) is 74.8 Å². The molecule has 2 aliphatic rings. The van der Waals surface area contributed by atoms with Crippen molar-refractivity contribution in [3.05, 3.63) is 100 Å². The van der Waals surface area contributed by atoms with E-state index >= 15 is 0 Å². The van der Waals surface area contributed by atoms with Gasteiger partial charge in [0.1, 0.15) is 5.82 Å². The minimum absolute atomic E-state index is 0.254. The third kappa shape index (κ3) is 7.37. The summed E-state index contributed by atoms with van der Waals surface area (Å²) in [6.07, 6.45) is -0.113. The predicted molar refractivity (Wildman–Crippen MR) is 150 cm³/mol. The van der Waals surface area contributed by atoms with Crippen LogP contribution in [-0.2, 0) is 34.0 Å². The van der Waals surface area contributed by atoms with Crippen LogP contribution in [0.25, 0.3) is 0 Å². The van der Waals surface area contributed by atoms with E-state index in [0.29, 0.717) is 11.6 Å². The zero-order chi connectivity index (χ0) is 29.9. The van der Waals surface area contributed by atoms with Crippen LogP contribution in [0, 0.1) is 5.82 Å². The van der Waals surface area contributed by atoms with Crippen LogP contribution in [0.1, 0.15) is 72.0 Å². The second kappa shape index (κ2) is 12.5. The number of carbonyl (C=O) groups is 1. The molecule has 2 N–H and O–H groups in total.